The van der Waals surface area contributed by atoms with Crippen molar-refractivity contribution in [1.82, 2.24) is 0 Å². The lowest BCUT2D eigenvalue weighted by Crippen LogP contribution is -2.36. The third-order valence-electron chi connectivity index (χ3n) is 2.40. The summed E-state index contributed by atoms with van der Waals surface area (Å²) < 4.78 is 28.5. The third-order valence-corrected chi connectivity index (χ3v) is 4.58. The summed E-state index contributed by atoms with van der Waals surface area (Å²) >= 11 is 0. The van der Waals surface area contributed by atoms with Gasteiger partial charge in [-0.1, -0.05) is 6.92 Å². The molecule has 0 aromatic carbocycles. The minimum absolute atomic E-state index is 0.770. The molecule has 0 radical (unpaired) electrons. The fraction of sp³-hybridized carbons (Fsp3) is 0.818. The fourth-order valence-electron chi connectivity index (χ4n) is 1.18. The van der Waals surface area contributed by atoms with Crippen molar-refractivity contribution in [2.75, 3.05) is 5.75 Å². The van der Waals surface area contributed by atoms with Crippen molar-refractivity contribution >= 4 is 21.8 Å². The van der Waals surface area contributed by atoms with E-state index < -0.39 is 44.3 Å². The van der Waals surface area contributed by atoms with Crippen LogP contribution in [0.25, 0.3) is 0 Å². The molecule has 0 amide bonds. The summed E-state index contributed by atoms with van der Waals surface area (Å²) in [7, 11) is -3.83. The molecule has 0 spiro atoms. The Morgan fingerprint density at radius 2 is 1.67 bits per heavy atom. The Bertz CT molecular complexity index is 417. The molecule has 0 saturated heterocycles. The van der Waals surface area contributed by atoms with Crippen LogP contribution in [0.2, 0.25) is 0 Å². The van der Waals surface area contributed by atoms with Crippen molar-refractivity contribution in [2.24, 2.45) is 5.92 Å². The first kappa shape index (κ1) is 16.9. The van der Waals surface area contributed by atoms with Crippen molar-refractivity contribution in [3.63, 3.8) is 0 Å². The lowest BCUT2D eigenvalue weighted by Gasteiger charge is -2.21. The molecule has 2 unspecified atom stereocenters. The van der Waals surface area contributed by atoms with Gasteiger partial charge in [0.15, 0.2) is 9.84 Å². The van der Waals surface area contributed by atoms with E-state index in [9.17, 15) is 18.0 Å². The van der Waals surface area contributed by atoms with Gasteiger partial charge >= 0.3 is 11.9 Å². The number of hydrogen-bond donors (Lipinski definition) is 1. The molecule has 0 aliphatic rings. The summed E-state index contributed by atoms with van der Waals surface area (Å²) in [4.78, 5) is 22.1. The zero-order valence-electron chi connectivity index (χ0n) is 11.3. The summed E-state index contributed by atoms with van der Waals surface area (Å²) in [5, 5.41) is 7.62. The molecule has 0 saturated carbocycles. The molecule has 0 aromatic heterocycles. The van der Waals surface area contributed by atoms with Crippen molar-refractivity contribution in [2.45, 2.75) is 45.5 Å². The summed E-state index contributed by atoms with van der Waals surface area (Å²) in [5.41, 5.74) is -0.770. The van der Waals surface area contributed by atoms with Crippen molar-refractivity contribution < 1.29 is 27.9 Å². The maximum atomic E-state index is 11.8. The highest BCUT2D eigenvalue weighted by Crippen LogP contribution is 2.15. The molecule has 2 atom stereocenters. The van der Waals surface area contributed by atoms with Gasteiger partial charge in [0, 0.05) is 0 Å². The average Bonchev–Trinajstić information content (AvgIpc) is 2.10. The van der Waals surface area contributed by atoms with E-state index in [0.29, 0.717) is 0 Å². The highest BCUT2D eigenvalue weighted by Gasteiger charge is 2.33. The Kier molecular flexibility index (Phi) is 5.34. The van der Waals surface area contributed by atoms with Crippen LogP contribution in [0.3, 0.4) is 0 Å². The number of ether oxygens (including phenoxy) is 1. The van der Waals surface area contributed by atoms with Crippen LogP contribution in [-0.2, 0) is 24.2 Å². The summed E-state index contributed by atoms with van der Waals surface area (Å²) in [6.07, 6.45) is 0. The topological polar surface area (TPSA) is 97.7 Å². The van der Waals surface area contributed by atoms with E-state index in [0.717, 1.165) is 0 Å². The first-order valence-electron chi connectivity index (χ1n) is 5.53. The van der Waals surface area contributed by atoms with Crippen LogP contribution in [0.5, 0.6) is 0 Å². The number of esters is 1. The maximum Gasteiger partial charge on any atom is 0.321 e. The molecule has 0 fully saturated rings. The average molecular weight is 280 g/mol. The van der Waals surface area contributed by atoms with Gasteiger partial charge in [-0.2, -0.15) is 0 Å². The first-order valence-corrected chi connectivity index (χ1v) is 7.24. The summed E-state index contributed by atoms with van der Waals surface area (Å²) in [6.45, 7) is 7.45. The Morgan fingerprint density at radius 1 is 1.22 bits per heavy atom. The smallest absolute Gasteiger partial charge is 0.321 e. The van der Waals surface area contributed by atoms with E-state index in [2.05, 4.69) is 0 Å². The molecule has 18 heavy (non-hydrogen) atoms. The SMILES string of the molecule is CC(C(=O)O)C(C)S(=O)(=O)CC(=O)OC(C)(C)C. The fourth-order valence-corrected chi connectivity index (χ4v) is 2.57. The lowest BCUT2D eigenvalue weighted by atomic mass is 10.1. The third kappa shape index (κ3) is 5.48. The molecule has 7 heteroatoms. The quantitative estimate of drug-likeness (QED) is 0.750. The van der Waals surface area contributed by atoms with Crippen molar-refractivity contribution in [3.8, 4) is 0 Å². The largest absolute Gasteiger partial charge is 0.481 e. The van der Waals surface area contributed by atoms with Gasteiger partial charge in [0.1, 0.15) is 11.4 Å². The van der Waals surface area contributed by atoms with E-state index in [-0.39, 0.29) is 0 Å². The van der Waals surface area contributed by atoms with Gasteiger partial charge < -0.3 is 9.84 Å². The Morgan fingerprint density at radius 3 is 2.00 bits per heavy atom. The molecule has 0 aliphatic heterocycles. The van der Waals surface area contributed by atoms with E-state index >= 15 is 0 Å². The Labute approximate surface area is 107 Å². The first-order chi connectivity index (χ1) is 7.87. The van der Waals surface area contributed by atoms with Crippen molar-refractivity contribution in [1.29, 1.82) is 0 Å². The van der Waals surface area contributed by atoms with Gasteiger partial charge in [0.05, 0.1) is 11.2 Å². The molecule has 0 rings (SSSR count). The zero-order valence-corrected chi connectivity index (χ0v) is 12.1. The molecule has 106 valence electrons. The number of aliphatic carboxylic acids is 1. The van der Waals surface area contributed by atoms with Gasteiger partial charge in [0.25, 0.3) is 0 Å². The maximum absolute atomic E-state index is 11.8. The summed E-state index contributed by atoms with van der Waals surface area (Å²) in [6, 6.07) is 0. The Hall–Kier alpha value is -1.11. The molecular formula is C11H20O6S. The second kappa shape index (κ2) is 5.69. The zero-order chi connectivity index (χ0) is 14.7. The monoisotopic (exact) mass is 280 g/mol. The normalized spacial score (nSPS) is 15.8. The van der Waals surface area contributed by atoms with Crippen LogP contribution in [0.15, 0.2) is 0 Å². The number of rotatable bonds is 5. The van der Waals surface area contributed by atoms with E-state index in [4.69, 9.17) is 9.84 Å². The van der Waals surface area contributed by atoms with Gasteiger partial charge in [0.2, 0.25) is 0 Å². The van der Waals surface area contributed by atoms with Crippen LogP contribution in [0, 0.1) is 5.92 Å². The lowest BCUT2D eigenvalue weighted by molar-refractivity contribution is -0.151. The minimum Gasteiger partial charge on any atom is -0.481 e. The minimum atomic E-state index is -3.83. The highest BCUT2D eigenvalue weighted by atomic mass is 32.2. The number of sulfone groups is 1. The van der Waals surface area contributed by atoms with E-state index in [1.165, 1.54) is 13.8 Å². The van der Waals surface area contributed by atoms with E-state index in [1.807, 2.05) is 0 Å². The second-order valence-electron chi connectivity index (χ2n) is 5.23. The Balaban J connectivity index is 4.77. The predicted molar refractivity (Wildman–Crippen MR) is 65.9 cm³/mol. The van der Waals surface area contributed by atoms with E-state index in [1.54, 1.807) is 20.8 Å². The van der Waals surface area contributed by atoms with Crippen LogP contribution in [-0.4, -0.2) is 42.1 Å². The number of carbonyl (C=O) groups is 2. The van der Waals surface area contributed by atoms with Crippen LogP contribution < -0.4 is 0 Å². The summed E-state index contributed by atoms with van der Waals surface area (Å²) in [5.74, 6) is -3.96. The van der Waals surface area contributed by atoms with Crippen LogP contribution in [0.1, 0.15) is 34.6 Å². The molecular weight excluding hydrogens is 260 g/mol. The number of carboxylic acids is 1. The predicted octanol–water partition coefficient (Wildman–Crippen LogP) is 0.852. The molecule has 0 heterocycles. The molecule has 0 aromatic rings. The molecule has 0 bridgehead atoms. The van der Waals surface area contributed by atoms with Crippen molar-refractivity contribution in [3.05, 3.63) is 0 Å². The standard InChI is InChI=1S/C11H20O6S/c1-7(10(13)14)8(2)18(15,16)6-9(12)17-11(3,4)5/h7-8H,6H2,1-5H3,(H,13,14). The van der Waals surface area contributed by atoms with Gasteiger partial charge in [-0.25, -0.2) is 8.42 Å². The molecule has 0 aliphatic carbocycles. The molecule has 1 N–H and O–H groups in total. The number of carbonyl (C=O) groups excluding carboxylic acids is 1. The van der Waals surface area contributed by atoms with Crippen LogP contribution >= 0.6 is 0 Å². The molecule has 6 nitrogen and oxygen atoms in total. The number of hydrogen-bond acceptors (Lipinski definition) is 5. The van der Waals surface area contributed by atoms with Gasteiger partial charge in [-0.15, -0.1) is 0 Å². The van der Waals surface area contributed by atoms with Crippen LogP contribution in [0.4, 0.5) is 0 Å². The second-order valence-corrected chi connectivity index (χ2v) is 7.58. The van der Waals surface area contributed by atoms with Gasteiger partial charge in [-0.3, -0.25) is 9.59 Å². The highest BCUT2D eigenvalue weighted by molar-refractivity contribution is 7.92. The van der Waals surface area contributed by atoms with Gasteiger partial charge in [-0.05, 0) is 27.7 Å². The number of carboxylic acid groups (broad SMARTS) is 1.